The molecule has 0 saturated heterocycles. The number of hydrogen-bond donors (Lipinski definition) is 0. The van der Waals surface area contributed by atoms with Crippen molar-refractivity contribution in [1.82, 2.24) is 0 Å². The second-order valence-electron chi connectivity index (χ2n) is 32.1. The topological polar surface area (TPSA) is 6.48 Å². The smallest absolute Gasteiger partial charge is 0.200 e. The van der Waals surface area contributed by atoms with Gasteiger partial charge in [-0.25, -0.2) is 43.9 Å². The molecule has 12 heteroatoms. The van der Waals surface area contributed by atoms with Crippen LogP contribution in [0.25, 0.3) is 28.3 Å². The molecule has 111 heavy (non-hydrogen) atoms. The van der Waals surface area contributed by atoms with Crippen LogP contribution in [0.15, 0.2) is 296 Å². The minimum absolute atomic E-state index is 0.177. The molecule has 0 spiro atoms. The molecule has 6 atom stereocenters. The molecule has 2 nitrogen and oxygen atoms in total. The summed E-state index contributed by atoms with van der Waals surface area (Å²) in [6.07, 6.45) is 27.8. The van der Waals surface area contributed by atoms with Crippen molar-refractivity contribution in [2.75, 3.05) is 9.80 Å². The van der Waals surface area contributed by atoms with E-state index >= 15 is 43.9 Å². The molecule has 6 unspecified atom stereocenters. The number of halogens is 10. The quantitative estimate of drug-likeness (QED) is 0.0608. The van der Waals surface area contributed by atoms with Gasteiger partial charge >= 0.3 is 0 Å². The van der Waals surface area contributed by atoms with Gasteiger partial charge in [0.15, 0.2) is 46.5 Å². The van der Waals surface area contributed by atoms with Crippen LogP contribution in [0.4, 0.5) is 66.7 Å². The second-order valence-corrected chi connectivity index (χ2v) is 32.1. The number of nitrogens with zero attached hydrogens (tertiary/aromatic N) is 2. The summed E-state index contributed by atoms with van der Waals surface area (Å²) >= 11 is 0. The van der Waals surface area contributed by atoms with Crippen LogP contribution in [0, 0.1) is 69.5 Å². The summed E-state index contributed by atoms with van der Waals surface area (Å²) in [4.78, 5) is 4.31. The molecule has 17 rings (SSSR count). The van der Waals surface area contributed by atoms with E-state index in [9.17, 15) is 0 Å². The Balaban J connectivity index is 0.911. The van der Waals surface area contributed by atoms with Crippen LogP contribution < -0.4 is 9.80 Å². The van der Waals surface area contributed by atoms with Gasteiger partial charge < -0.3 is 9.80 Å². The molecular formula is C99H78F10N2. The predicted molar refractivity (Wildman–Crippen MR) is 425 cm³/mol. The molecule has 0 radical (unpaired) electrons. The summed E-state index contributed by atoms with van der Waals surface area (Å²) in [5.74, 6) is -21.8. The molecule has 10 aromatic carbocycles. The van der Waals surface area contributed by atoms with Gasteiger partial charge in [0.25, 0.3) is 0 Å². The van der Waals surface area contributed by atoms with Crippen molar-refractivity contribution in [3.8, 4) is 22.3 Å². The number of para-hydroxylation sites is 1. The molecule has 0 N–H and O–H groups in total. The molecule has 0 amide bonds. The molecule has 0 aliphatic heterocycles. The zero-order valence-corrected chi connectivity index (χ0v) is 62.2. The van der Waals surface area contributed by atoms with Gasteiger partial charge in [0.1, 0.15) is 0 Å². The highest BCUT2D eigenvalue weighted by atomic mass is 19.2. The first-order valence-electron chi connectivity index (χ1n) is 37.7. The normalized spacial score (nSPS) is 21.2. The number of fused-ring (bicyclic) bond motifs is 9. The molecule has 0 aromatic heterocycles. The lowest BCUT2D eigenvalue weighted by Crippen LogP contribution is -2.40. The maximum Gasteiger partial charge on any atom is 0.200 e. The van der Waals surface area contributed by atoms with Crippen LogP contribution in [-0.2, 0) is 21.7 Å². The van der Waals surface area contributed by atoms with Gasteiger partial charge in [-0.2, -0.15) is 0 Å². The van der Waals surface area contributed by atoms with Crippen molar-refractivity contribution in [3.63, 3.8) is 0 Å². The van der Waals surface area contributed by atoms with Crippen molar-refractivity contribution in [2.24, 2.45) is 11.3 Å². The fraction of sp³-hybridized carbons (Fsp3) is 0.192. The number of anilines is 4. The predicted octanol–water partition coefficient (Wildman–Crippen LogP) is 26.5. The SMILES string of the molecule is C=CC1=CCC(C2(c3c(F)c(F)c(F)c(F)c3F)C3=CC(N(c4ccccc4)c4ccc5c(c4)C(C4=CC=C(C(C)(C)C)CC4)(c4ccc(C(C)(C)C)cc4)c4cc(N(c6ccc7c(c6)C(c6ccc(C=C)cc6)(c6c(F)c(F)c(F)c(F)c6F)c6ccccc6-7)C6C=CC=CC6)ccc4-5)=CCC3c3ccccc32)C=C1. The Hall–Kier alpha value is -11.5. The summed E-state index contributed by atoms with van der Waals surface area (Å²) in [5, 5.41) is 0. The molecule has 0 bridgehead atoms. The van der Waals surface area contributed by atoms with Crippen LogP contribution in [-0.4, -0.2) is 6.04 Å². The number of rotatable bonds is 14. The summed E-state index contributed by atoms with van der Waals surface area (Å²) < 4.78 is 166. The zero-order chi connectivity index (χ0) is 77.5. The molecule has 7 aliphatic rings. The largest absolute Gasteiger partial charge is 0.334 e. The van der Waals surface area contributed by atoms with Crippen molar-refractivity contribution < 1.29 is 43.9 Å². The molecule has 0 fully saturated rings. The third kappa shape index (κ3) is 10.9. The van der Waals surface area contributed by atoms with E-state index in [0.717, 1.165) is 62.3 Å². The zero-order valence-electron chi connectivity index (χ0n) is 62.2. The Morgan fingerprint density at radius 3 is 1.54 bits per heavy atom. The Kier molecular flexibility index (Phi) is 17.6. The van der Waals surface area contributed by atoms with Gasteiger partial charge in [-0.3, -0.25) is 0 Å². The fourth-order valence-electron chi connectivity index (χ4n) is 19.3. The van der Waals surface area contributed by atoms with Crippen LogP contribution in [0.5, 0.6) is 0 Å². The first-order chi connectivity index (χ1) is 53.4. The monoisotopic (exact) mass is 1480 g/mol. The highest BCUT2D eigenvalue weighted by Gasteiger charge is 2.58. The fourth-order valence-corrected chi connectivity index (χ4v) is 19.3. The van der Waals surface area contributed by atoms with Gasteiger partial charge in [-0.1, -0.05) is 272 Å². The summed E-state index contributed by atoms with van der Waals surface area (Å²) in [5.41, 5.74) is 9.07. The Bertz CT molecular complexity index is 5800. The summed E-state index contributed by atoms with van der Waals surface area (Å²) in [6, 6.07) is 57.8. The molecular weight excluding hydrogens is 1410 g/mol. The van der Waals surface area contributed by atoms with E-state index in [1.165, 1.54) is 5.57 Å². The Morgan fingerprint density at radius 1 is 0.441 bits per heavy atom. The van der Waals surface area contributed by atoms with Crippen LogP contribution in [0.3, 0.4) is 0 Å². The minimum atomic E-state index is -2.27. The third-order valence-electron chi connectivity index (χ3n) is 24.4. The maximum absolute atomic E-state index is 17.5. The lowest BCUT2D eigenvalue weighted by molar-refractivity contribution is 0.336. The number of benzene rings is 10. The number of hydrogen-bond acceptors (Lipinski definition) is 2. The molecule has 10 aromatic rings. The van der Waals surface area contributed by atoms with E-state index in [2.05, 4.69) is 156 Å². The van der Waals surface area contributed by atoms with Crippen LogP contribution >= 0.6 is 0 Å². The van der Waals surface area contributed by atoms with Crippen molar-refractivity contribution >= 4 is 28.8 Å². The summed E-state index contributed by atoms with van der Waals surface area (Å²) in [7, 11) is 0. The molecule has 0 saturated carbocycles. The highest BCUT2D eigenvalue weighted by molar-refractivity contribution is 5.93. The van der Waals surface area contributed by atoms with Gasteiger partial charge in [0.05, 0.1) is 22.3 Å². The first-order valence-corrected chi connectivity index (χ1v) is 37.7. The Labute approximate surface area is 640 Å². The van der Waals surface area contributed by atoms with Crippen molar-refractivity contribution in [2.45, 2.75) is 107 Å². The van der Waals surface area contributed by atoms with Gasteiger partial charge in [0.2, 0.25) is 11.6 Å². The summed E-state index contributed by atoms with van der Waals surface area (Å²) in [6.45, 7) is 21.1. The van der Waals surface area contributed by atoms with Gasteiger partial charge in [0, 0.05) is 45.5 Å². The molecule has 7 aliphatic carbocycles. The van der Waals surface area contributed by atoms with E-state index in [-0.39, 0.29) is 22.8 Å². The average molecular weight is 1490 g/mol. The van der Waals surface area contributed by atoms with Crippen LogP contribution in [0.2, 0.25) is 0 Å². The van der Waals surface area contributed by atoms with E-state index in [0.29, 0.717) is 80.9 Å². The third-order valence-corrected chi connectivity index (χ3v) is 24.4. The van der Waals surface area contributed by atoms with Gasteiger partial charge in [-0.15, -0.1) is 0 Å². The molecule has 554 valence electrons. The first kappa shape index (κ1) is 72.4. The van der Waals surface area contributed by atoms with Crippen molar-refractivity contribution in [1.29, 1.82) is 0 Å². The lowest BCUT2D eigenvalue weighted by Gasteiger charge is -2.42. The lowest BCUT2D eigenvalue weighted by atomic mass is 9.60. The van der Waals surface area contributed by atoms with Crippen molar-refractivity contribution in [3.05, 3.63) is 421 Å². The number of allylic oxidation sites excluding steroid dienone is 14. The molecule has 0 heterocycles. The van der Waals surface area contributed by atoms with E-state index < -0.39 is 103 Å². The van der Waals surface area contributed by atoms with Gasteiger partial charge in [-0.05, 0) is 192 Å². The van der Waals surface area contributed by atoms with E-state index in [1.807, 2.05) is 91.0 Å². The van der Waals surface area contributed by atoms with E-state index in [4.69, 9.17) is 0 Å². The Morgan fingerprint density at radius 2 is 0.982 bits per heavy atom. The minimum Gasteiger partial charge on any atom is -0.334 e. The van der Waals surface area contributed by atoms with Crippen LogP contribution in [0.1, 0.15) is 146 Å². The van der Waals surface area contributed by atoms with E-state index in [1.54, 1.807) is 78.9 Å². The standard InChI is InChI=1S/C99H78F10N2/c1-9-57-29-33-63(34-30-57)98(83-85(100)89(104)93(108)90(105)86(83)101)77-27-19-17-25-71(77)73-49-45-69(55-81(73)98)110(65-21-13-11-14-22-65)67-47-51-75-76-52-48-68(54-80(76)97(79(75)53-67,61-41-37-59(38-42-61)95(3,4)5)62-43-39-60(40-44-62)96(6,7)8)111(66-23-15-12-16-24-66)70-46-50-74-72-26-18-20-28-78(72)99(82(74)56-70,64-35-31-58(10-2)32-36-64)84-87(102)91(106)94(109)92(107)88(84)103/h9-23,25-33,35-39,41-43,45-48,50-56,63,66,73H,1-2,24,34,40,44,49H2,3-8H3. The average Bonchev–Trinajstić information content (AvgIpc) is 1.56. The second kappa shape index (κ2) is 26.9. The highest BCUT2D eigenvalue weighted by Crippen LogP contribution is 2.66. The maximum atomic E-state index is 17.5.